The van der Waals surface area contributed by atoms with E-state index in [1.807, 2.05) is 0 Å². The molecular formula is C119H204O14S. The molecule has 0 aromatic heterocycles. The number of unbranched alkanes of at least 4 members (excludes halogenated alkanes) is 11. The summed E-state index contributed by atoms with van der Waals surface area (Å²) in [6, 6.07) is 13.1. The zero-order valence-electron chi connectivity index (χ0n) is 85.9. The predicted molar refractivity (Wildman–Crippen MR) is 564 cm³/mol. The summed E-state index contributed by atoms with van der Waals surface area (Å²) in [5.41, 5.74) is 9.07. The predicted octanol–water partition coefficient (Wildman–Crippen LogP) is 34.0. The molecule has 134 heavy (non-hydrogen) atoms. The maximum Gasteiger partial charge on any atom is 0.303 e. The number of hydrogen-bond acceptors (Lipinski definition) is 11. The van der Waals surface area contributed by atoms with Gasteiger partial charge < -0.3 is 51.1 Å². The first kappa shape index (κ1) is 120. The number of aliphatic hydroxyl groups is 4. The van der Waals surface area contributed by atoms with Crippen LogP contribution in [0.5, 0.6) is 17.2 Å². The minimum Gasteiger partial charge on any atom is -0.507 e. The maximum absolute atomic E-state index is 11.8. The second-order valence-corrected chi connectivity index (χ2v) is 43.5. The summed E-state index contributed by atoms with van der Waals surface area (Å²) in [7, 11) is 0. The van der Waals surface area contributed by atoms with Crippen molar-refractivity contribution in [3.05, 3.63) is 86.5 Å². The Hall–Kier alpha value is -4.67. The highest BCUT2D eigenvalue weighted by molar-refractivity contribution is 7.96. The number of rotatable bonds is 32. The number of benzene rings is 3. The Morgan fingerprint density at radius 3 is 0.507 bits per heavy atom. The van der Waals surface area contributed by atoms with Crippen molar-refractivity contribution < 1.29 is 70.2 Å². The quantitative estimate of drug-likeness (QED) is 0.0205. The van der Waals surface area contributed by atoms with E-state index >= 15 is 0 Å². The monoisotopic (exact) mass is 1890 g/mol. The van der Waals surface area contributed by atoms with Gasteiger partial charge in [0.15, 0.2) is 5.12 Å². The van der Waals surface area contributed by atoms with Crippen molar-refractivity contribution in [2.24, 2.45) is 5.41 Å². The topological polar surface area (TPSA) is 271 Å². The SMILES string of the molecule is CCCCCCCCCCCCCCC(=O)S.O=C(O)CCc1cc(C2CCCCCCCCCCC2)c(O)c(C2CCCCCCCCCCC2)c1.O=C(O)CCc1cc(C2CCCCCCCCCCC2)c(O)c(C2CCCCCCCCCCC2)c1.O=C(O)CCc1cc(C2CCCCCCCCCCC2)c(O)c(C2CCCCCCCCCCC2)c1.OCC(CO)(CO)CO. The lowest BCUT2D eigenvalue weighted by atomic mass is 9.80. The van der Waals surface area contributed by atoms with Crippen LogP contribution in [-0.4, -0.2) is 101 Å². The Labute approximate surface area is 824 Å². The fourth-order valence-corrected chi connectivity index (χ4v) is 22.7. The standard InChI is InChI=1S/3C33H54O3.C15H30OS.C5H12O4/c3*34-32(35)24-23-27-25-30(28-19-15-11-7-3-1-4-8-12-16-20-28)33(36)31(26-27)29-21-17-13-9-5-2-6-10-14-18-22-29;1-2-3-4-5-6-7-8-9-10-11-12-13-14-15(16)17;6-1-5(2-7,3-8)4-9/h3*25-26,28-29,36H,1-24H2,(H,34,35);2-14H2,1H3,(H,16,17);6-9H,1-4H2. The van der Waals surface area contributed by atoms with E-state index in [-0.39, 0.29) is 24.4 Å². The highest BCUT2D eigenvalue weighted by Crippen LogP contribution is 2.48. The van der Waals surface area contributed by atoms with E-state index in [2.05, 4.69) is 56.0 Å². The summed E-state index contributed by atoms with van der Waals surface area (Å²) in [4.78, 5) is 44.8. The summed E-state index contributed by atoms with van der Waals surface area (Å²) in [5.74, 6) is 1.89. The van der Waals surface area contributed by atoms with Crippen LogP contribution in [0.1, 0.15) is 619 Å². The Morgan fingerprint density at radius 1 is 0.239 bits per heavy atom. The van der Waals surface area contributed by atoms with Crippen molar-refractivity contribution in [1.82, 2.24) is 0 Å². The molecule has 0 heterocycles. The minimum absolute atomic E-state index is 0.0390. The van der Waals surface area contributed by atoms with E-state index in [1.54, 1.807) is 0 Å². The number of hydrogen-bond donors (Lipinski definition) is 11. The summed E-state index contributed by atoms with van der Waals surface area (Å²) >= 11 is 3.77. The number of carboxylic acids is 3. The van der Waals surface area contributed by atoms with Gasteiger partial charge in [0.1, 0.15) is 17.2 Å². The Balaban J connectivity index is 0.000000314. The third kappa shape index (κ3) is 54.9. The first-order chi connectivity index (χ1) is 65.5. The van der Waals surface area contributed by atoms with Gasteiger partial charge in [-0.1, -0.05) is 461 Å². The van der Waals surface area contributed by atoms with Crippen LogP contribution in [0.3, 0.4) is 0 Å². The molecule has 15 heteroatoms. The van der Waals surface area contributed by atoms with Crippen LogP contribution in [0.4, 0.5) is 0 Å². The molecule has 6 fully saturated rings. The van der Waals surface area contributed by atoms with E-state index in [4.69, 9.17) is 20.4 Å². The zero-order valence-corrected chi connectivity index (χ0v) is 86.8. The number of aliphatic carboxylic acids is 3. The van der Waals surface area contributed by atoms with E-state index in [1.165, 1.54) is 417 Å². The Kier molecular flexibility index (Phi) is 70.6. The number of carbonyl (C=O) groups excluding carboxylic acids is 1. The molecule has 0 bridgehead atoms. The molecule has 0 radical (unpaired) electrons. The maximum atomic E-state index is 11.8. The van der Waals surface area contributed by atoms with Crippen molar-refractivity contribution in [3.8, 4) is 17.2 Å². The van der Waals surface area contributed by atoms with E-state index in [0.29, 0.717) is 78.4 Å². The van der Waals surface area contributed by atoms with Gasteiger partial charge >= 0.3 is 17.9 Å². The Morgan fingerprint density at radius 2 is 0.381 bits per heavy atom. The summed E-state index contributed by atoms with van der Waals surface area (Å²) in [6.07, 6.45) is 104. The molecule has 6 aliphatic carbocycles. The second-order valence-electron chi connectivity index (χ2n) is 43.0. The number of phenolic OH excluding ortho intramolecular Hbond substituents is 3. The molecule has 6 saturated carbocycles. The van der Waals surface area contributed by atoms with Crippen LogP contribution in [0.25, 0.3) is 0 Å². The number of aliphatic hydroxyl groups excluding tert-OH is 4. The lowest BCUT2D eigenvalue weighted by Crippen LogP contribution is -2.37. The van der Waals surface area contributed by atoms with Gasteiger partial charge in [-0.15, -0.1) is 12.6 Å². The molecule has 0 atom stereocenters. The molecule has 9 rings (SSSR count). The average Bonchev–Trinajstić information content (AvgIpc) is 0.809. The van der Waals surface area contributed by atoms with Crippen LogP contribution in [0.15, 0.2) is 36.4 Å². The van der Waals surface area contributed by atoms with Gasteiger partial charge in [0.2, 0.25) is 0 Å². The molecule has 0 spiro atoms. The third-order valence-electron chi connectivity index (χ3n) is 31.4. The Bertz CT molecular complexity index is 2870. The van der Waals surface area contributed by atoms with Crippen LogP contribution in [-0.2, 0) is 38.4 Å². The number of carboxylic acid groups (broad SMARTS) is 3. The fraction of sp³-hybridized carbons (Fsp3) is 0.815. The highest BCUT2D eigenvalue weighted by atomic mass is 32.1. The molecular weight excluding hydrogens is 1690 g/mol. The smallest absolute Gasteiger partial charge is 0.303 e. The van der Waals surface area contributed by atoms with Gasteiger partial charge in [-0.25, -0.2) is 0 Å². The molecule has 3 aromatic carbocycles. The minimum atomic E-state index is -1.11. The van der Waals surface area contributed by atoms with E-state index in [0.717, 1.165) is 134 Å². The highest BCUT2D eigenvalue weighted by Gasteiger charge is 2.30. The molecule has 770 valence electrons. The molecule has 6 aliphatic rings. The van der Waals surface area contributed by atoms with Crippen molar-refractivity contribution in [1.29, 1.82) is 0 Å². The van der Waals surface area contributed by atoms with Crippen LogP contribution < -0.4 is 0 Å². The van der Waals surface area contributed by atoms with Crippen molar-refractivity contribution in [2.45, 2.75) is 588 Å². The molecule has 0 unspecified atom stereocenters. The van der Waals surface area contributed by atoms with E-state index < -0.39 is 49.8 Å². The molecule has 14 nitrogen and oxygen atoms in total. The van der Waals surface area contributed by atoms with Crippen LogP contribution >= 0.6 is 12.6 Å². The number of thiol groups is 1. The van der Waals surface area contributed by atoms with Gasteiger partial charge in [-0.05, 0) is 188 Å². The van der Waals surface area contributed by atoms with Crippen LogP contribution in [0.2, 0.25) is 0 Å². The van der Waals surface area contributed by atoms with Gasteiger partial charge in [0.25, 0.3) is 0 Å². The van der Waals surface area contributed by atoms with Gasteiger partial charge in [0, 0.05) is 25.7 Å². The van der Waals surface area contributed by atoms with Crippen molar-refractivity contribution >= 4 is 35.7 Å². The zero-order chi connectivity index (χ0) is 96.4. The van der Waals surface area contributed by atoms with E-state index in [9.17, 15) is 49.8 Å². The molecule has 0 saturated heterocycles. The first-order valence-electron chi connectivity index (χ1n) is 57.3. The largest absolute Gasteiger partial charge is 0.507 e. The molecule has 0 aliphatic heterocycles. The van der Waals surface area contributed by atoms with Crippen molar-refractivity contribution in [3.63, 3.8) is 0 Å². The normalized spacial score (nSPS) is 19.4. The summed E-state index contributed by atoms with van der Waals surface area (Å²) < 4.78 is 0. The first-order valence-corrected chi connectivity index (χ1v) is 57.8. The second kappa shape index (κ2) is 79.0. The summed E-state index contributed by atoms with van der Waals surface area (Å²) in [5, 5.41) is 97.4. The van der Waals surface area contributed by atoms with Gasteiger partial charge in [-0.3, -0.25) is 19.2 Å². The molecule has 10 N–H and O–H groups in total. The average molecular weight is 1890 g/mol. The number of aryl methyl sites for hydroxylation is 3. The van der Waals surface area contributed by atoms with Gasteiger partial charge in [-0.2, -0.15) is 0 Å². The number of phenols is 3. The lowest BCUT2D eigenvalue weighted by Gasteiger charge is -2.26. The molecule has 3 aromatic rings. The van der Waals surface area contributed by atoms with Gasteiger partial charge in [0.05, 0.1) is 31.8 Å². The summed E-state index contributed by atoms with van der Waals surface area (Å²) in [6.45, 7) is 0.640. The van der Waals surface area contributed by atoms with Crippen molar-refractivity contribution in [2.75, 3.05) is 26.4 Å². The lowest BCUT2D eigenvalue weighted by molar-refractivity contribution is -0.138. The number of aromatic hydroxyl groups is 3. The molecule has 0 amide bonds. The fourth-order valence-electron chi connectivity index (χ4n) is 22.6. The third-order valence-corrected chi connectivity index (χ3v) is 31.6. The number of carbonyl (C=O) groups is 4. The van der Waals surface area contributed by atoms with Crippen LogP contribution in [0, 0.1) is 5.41 Å².